The lowest BCUT2D eigenvalue weighted by molar-refractivity contribution is 0.0990. The summed E-state index contributed by atoms with van der Waals surface area (Å²) in [6, 6.07) is 0. The van der Waals surface area contributed by atoms with E-state index in [-0.39, 0.29) is 5.54 Å². The van der Waals surface area contributed by atoms with Crippen molar-refractivity contribution in [2.24, 2.45) is 11.8 Å². The fourth-order valence-corrected chi connectivity index (χ4v) is 3.14. The highest BCUT2D eigenvalue weighted by Crippen LogP contribution is 2.40. The van der Waals surface area contributed by atoms with Crippen LogP contribution < -0.4 is 5.32 Å². The third kappa shape index (κ3) is 3.21. The second kappa shape index (κ2) is 5.68. The van der Waals surface area contributed by atoms with Gasteiger partial charge in [0.1, 0.15) is 0 Å². The summed E-state index contributed by atoms with van der Waals surface area (Å²) in [5, 5.41) is 13.5. The largest absolute Gasteiger partial charge is 0.394 e. The van der Waals surface area contributed by atoms with Crippen LogP contribution in [0.5, 0.6) is 0 Å². The van der Waals surface area contributed by atoms with Crippen LogP contribution in [0.15, 0.2) is 0 Å². The molecular weight excluding hydrogens is 212 g/mol. The van der Waals surface area contributed by atoms with Crippen molar-refractivity contribution in [1.29, 1.82) is 0 Å². The van der Waals surface area contributed by atoms with Gasteiger partial charge in [-0.1, -0.05) is 13.8 Å². The van der Waals surface area contributed by atoms with E-state index in [0.717, 1.165) is 25.4 Å². The van der Waals surface area contributed by atoms with Crippen molar-refractivity contribution in [3.63, 3.8) is 0 Å². The first kappa shape index (κ1) is 13.3. The zero-order valence-corrected chi connectivity index (χ0v) is 11.4. The summed E-state index contributed by atoms with van der Waals surface area (Å²) in [7, 11) is 0. The van der Waals surface area contributed by atoms with Crippen molar-refractivity contribution < 1.29 is 5.11 Å². The highest BCUT2D eigenvalue weighted by atomic mass is 16.3. The Morgan fingerprint density at radius 2 is 2.12 bits per heavy atom. The Kier molecular flexibility index (Phi) is 4.45. The van der Waals surface area contributed by atoms with E-state index in [1.165, 1.54) is 32.4 Å². The minimum Gasteiger partial charge on any atom is -0.394 e. The molecular formula is C14H28N2O. The van der Waals surface area contributed by atoms with Crippen molar-refractivity contribution >= 4 is 0 Å². The summed E-state index contributed by atoms with van der Waals surface area (Å²) in [5.74, 6) is 1.53. The van der Waals surface area contributed by atoms with Gasteiger partial charge in [-0.25, -0.2) is 0 Å². The average Bonchev–Trinajstić information content (AvgIpc) is 3.10. The molecule has 1 aliphatic carbocycles. The molecule has 1 saturated heterocycles. The molecule has 1 aliphatic heterocycles. The molecule has 2 aliphatic rings. The number of likely N-dealkylation sites (tertiary alicyclic amines) is 1. The third-order valence-electron chi connectivity index (χ3n) is 4.38. The molecule has 3 nitrogen and oxygen atoms in total. The van der Waals surface area contributed by atoms with E-state index in [1.807, 2.05) is 0 Å². The minimum absolute atomic E-state index is 0.0138. The number of aliphatic hydroxyl groups is 1. The normalized spacial score (nSPS) is 29.5. The predicted molar refractivity (Wildman–Crippen MR) is 71.1 cm³/mol. The SMILES string of the molecule is CCCNC(CO)(CN1CCC(C)C1)C1CC1. The van der Waals surface area contributed by atoms with Gasteiger partial charge in [0.25, 0.3) is 0 Å². The van der Waals surface area contributed by atoms with Crippen LogP contribution in [0, 0.1) is 11.8 Å². The summed E-state index contributed by atoms with van der Waals surface area (Å²) < 4.78 is 0. The maximum absolute atomic E-state index is 9.85. The first-order valence-electron chi connectivity index (χ1n) is 7.28. The Morgan fingerprint density at radius 3 is 2.59 bits per heavy atom. The van der Waals surface area contributed by atoms with Crippen molar-refractivity contribution in [3.05, 3.63) is 0 Å². The average molecular weight is 240 g/mol. The summed E-state index contributed by atoms with van der Waals surface area (Å²) in [5.41, 5.74) is -0.0138. The van der Waals surface area contributed by atoms with E-state index in [4.69, 9.17) is 0 Å². The van der Waals surface area contributed by atoms with Gasteiger partial charge in [0, 0.05) is 13.1 Å². The molecule has 0 aromatic carbocycles. The molecule has 2 fully saturated rings. The third-order valence-corrected chi connectivity index (χ3v) is 4.38. The first-order valence-corrected chi connectivity index (χ1v) is 7.28. The molecule has 1 saturated carbocycles. The predicted octanol–water partition coefficient (Wildman–Crippen LogP) is 1.47. The fraction of sp³-hybridized carbons (Fsp3) is 1.00. The second-order valence-corrected chi connectivity index (χ2v) is 6.14. The molecule has 1 heterocycles. The number of hydrogen-bond donors (Lipinski definition) is 2. The van der Waals surface area contributed by atoms with Crippen LogP contribution in [0.3, 0.4) is 0 Å². The molecule has 0 aromatic rings. The van der Waals surface area contributed by atoms with E-state index in [9.17, 15) is 5.11 Å². The lowest BCUT2D eigenvalue weighted by atomic mass is 9.93. The van der Waals surface area contributed by atoms with Crippen LogP contribution in [0.4, 0.5) is 0 Å². The van der Waals surface area contributed by atoms with Crippen molar-refractivity contribution in [3.8, 4) is 0 Å². The van der Waals surface area contributed by atoms with E-state index in [0.29, 0.717) is 12.5 Å². The van der Waals surface area contributed by atoms with Crippen molar-refractivity contribution in [2.75, 3.05) is 32.8 Å². The standard InChI is InChI=1S/C14H28N2O/c1-3-7-15-14(11-17,13-4-5-13)10-16-8-6-12(2)9-16/h12-13,15,17H,3-11H2,1-2H3. The number of nitrogens with one attached hydrogen (secondary N) is 1. The molecule has 3 heteroatoms. The molecule has 2 atom stereocenters. The van der Waals surface area contributed by atoms with Crippen LogP contribution in [-0.4, -0.2) is 48.3 Å². The Labute approximate surface area is 106 Å². The van der Waals surface area contributed by atoms with E-state index in [1.54, 1.807) is 0 Å². The van der Waals surface area contributed by atoms with Gasteiger partial charge in [0.15, 0.2) is 0 Å². The van der Waals surface area contributed by atoms with Gasteiger partial charge in [-0.05, 0) is 50.6 Å². The lowest BCUT2D eigenvalue weighted by Crippen LogP contribution is -2.57. The van der Waals surface area contributed by atoms with Gasteiger partial charge in [-0.3, -0.25) is 0 Å². The fourth-order valence-electron chi connectivity index (χ4n) is 3.14. The number of hydrogen-bond acceptors (Lipinski definition) is 3. The van der Waals surface area contributed by atoms with Gasteiger partial charge in [0.05, 0.1) is 12.1 Å². The maximum Gasteiger partial charge on any atom is 0.0628 e. The zero-order valence-electron chi connectivity index (χ0n) is 11.4. The molecule has 0 amide bonds. The second-order valence-electron chi connectivity index (χ2n) is 6.14. The first-order chi connectivity index (χ1) is 8.20. The molecule has 0 aromatic heterocycles. The van der Waals surface area contributed by atoms with E-state index in [2.05, 4.69) is 24.1 Å². The summed E-state index contributed by atoms with van der Waals surface area (Å²) >= 11 is 0. The molecule has 2 N–H and O–H groups in total. The van der Waals surface area contributed by atoms with Gasteiger partial charge in [-0.2, -0.15) is 0 Å². The van der Waals surface area contributed by atoms with Crippen LogP contribution in [-0.2, 0) is 0 Å². The molecule has 0 spiro atoms. The number of nitrogens with zero attached hydrogens (tertiary/aromatic N) is 1. The van der Waals surface area contributed by atoms with Crippen LogP contribution in [0.25, 0.3) is 0 Å². The Hall–Kier alpha value is -0.120. The quantitative estimate of drug-likeness (QED) is 0.707. The monoisotopic (exact) mass is 240 g/mol. The Bertz CT molecular complexity index is 242. The van der Waals surface area contributed by atoms with Crippen LogP contribution in [0.1, 0.15) is 39.5 Å². The summed E-state index contributed by atoms with van der Waals surface area (Å²) in [6.07, 6.45) is 5.05. The van der Waals surface area contributed by atoms with E-state index < -0.39 is 0 Å². The molecule has 17 heavy (non-hydrogen) atoms. The molecule has 100 valence electrons. The Morgan fingerprint density at radius 1 is 1.35 bits per heavy atom. The number of rotatable bonds is 7. The topological polar surface area (TPSA) is 35.5 Å². The molecule has 2 unspecified atom stereocenters. The minimum atomic E-state index is -0.0138. The molecule has 2 rings (SSSR count). The van der Waals surface area contributed by atoms with Crippen LogP contribution >= 0.6 is 0 Å². The lowest BCUT2D eigenvalue weighted by Gasteiger charge is -2.37. The van der Waals surface area contributed by atoms with Crippen molar-refractivity contribution in [1.82, 2.24) is 10.2 Å². The van der Waals surface area contributed by atoms with Crippen molar-refractivity contribution in [2.45, 2.75) is 45.1 Å². The molecule has 0 radical (unpaired) electrons. The van der Waals surface area contributed by atoms with Gasteiger partial charge in [-0.15, -0.1) is 0 Å². The van der Waals surface area contributed by atoms with Gasteiger partial charge in [0.2, 0.25) is 0 Å². The number of aliphatic hydroxyl groups excluding tert-OH is 1. The highest BCUT2D eigenvalue weighted by molar-refractivity contribution is 5.03. The van der Waals surface area contributed by atoms with Gasteiger partial charge >= 0.3 is 0 Å². The highest BCUT2D eigenvalue weighted by Gasteiger charge is 2.45. The Balaban J connectivity index is 1.94. The summed E-state index contributed by atoms with van der Waals surface area (Å²) in [4.78, 5) is 2.54. The maximum atomic E-state index is 9.85. The molecule has 0 bridgehead atoms. The van der Waals surface area contributed by atoms with Gasteiger partial charge < -0.3 is 15.3 Å². The van der Waals surface area contributed by atoms with Crippen LogP contribution in [0.2, 0.25) is 0 Å². The zero-order chi connectivity index (χ0) is 12.3. The van der Waals surface area contributed by atoms with E-state index >= 15 is 0 Å². The summed E-state index contributed by atoms with van der Waals surface area (Å²) in [6.45, 7) is 9.31. The smallest absolute Gasteiger partial charge is 0.0628 e.